The van der Waals surface area contributed by atoms with Gasteiger partial charge in [-0.1, -0.05) is 6.92 Å². The van der Waals surface area contributed by atoms with Gasteiger partial charge >= 0.3 is 0 Å². The predicted molar refractivity (Wildman–Crippen MR) is 69.4 cm³/mol. The first-order valence-electron chi connectivity index (χ1n) is 5.85. The first kappa shape index (κ1) is 13.5. The molecule has 0 aliphatic carbocycles. The molecule has 1 rings (SSSR count). The van der Waals surface area contributed by atoms with Crippen LogP contribution in [0.25, 0.3) is 0 Å². The third kappa shape index (κ3) is 4.07. The second-order valence-corrected chi connectivity index (χ2v) is 4.11. The van der Waals surface area contributed by atoms with Crippen LogP contribution < -0.4 is 10.6 Å². The molecule has 1 aromatic carbocycles. The van der Waals surface area contributed by atoms with Crippen molar-refractivity contribution in [2.45, 2.75) is 27.2 Å². The number of hydrogen-bond acceptors (Lipinski definition) is 3. The lowest BCUT2D eigenvalue weighted by molar-refractivity contribution is -0.116. The summed E-state index contributed by atoms with van der Waals surface area (Å²) in [5, 5.41) is 15.5. The van der Waals surface area contributed by atoms with E-state index in [9.17, 15) is 9.90 Å². The van der Waals surface area contributed by atoms with E-state index in [1.54, 1.807) is 12.1 Å². The zero-order valence-electron chi connectivity index (χ0n) is 10.6. The normalized spacial score (nSPS) is 10.3. The number of phenols is 1. The van der Waals surface area contributed by atoms with Gasteiger partial charge in [0.15, 0.2) is 0 Å². The number of hydrogen-bond donors (Lipinski definition) is 3. The van der Waals surface area contributed by atoms with Crippen LogP contribution in [-0.2, 0) is 4.79 Å². The van der Waals surface area contributed by atoms with Gasteiger partial charge in [-0.3, -0.25) is 4.79 Å². The molecule has 0 aliphatic rings. The van der Waals surface area contributed by atoms with E-state index in [1.165, 1.54) is 0 Å². The van der Waals surface area contributed by atoms with Gasteiger partial charge in [-0.05, 0) is 43.7 Å². The highest BCUT2D eigenvalue weighted by molar-refractivity contribution is 5.91. The second kappa shape index (κ2) is 6.25. The summed E-state index contributed by atoms with van der Waals surface area (Å²) in [6, 6.07) is 3.45. The van der Waals surface area contributed by atoms with Gasteiger partial charge in [-0.2, -0.15) is 0 Å². The van der Waals surface area contributed by atoms with Gasteiger partial charge < -0.3 is 15.7 Å². The SMILES string of the molecule is CCNCCC(=O)Nc1cc(C)c(O)cc1C. The number of benzene rings is 1. The fourth-order valence-electron chi connectivity index (χ4n) is 1.53. The van der Waals surface area contributed by atoms with Crippen molar-refractivity contribution in [1.82, 2.24) is 5.32 Å². The Hall–Kier alpha value is -1.55. The fourth-order valence-corrected chi connectivity index (χ4v) is 1.53. The molecular weight excluding hydrogens is 216 g/mol. The van der Waals surface area contributed by atoms with Crippen molar-refractivity contribution in [2.24, 2.45) is 0 Å². The predicted octanol–water partition coefficient (Wildman–Crippen LogP) is 1.95. The minimum Gasteiger partial charge on any atom is -0.508 e. The fraction of sp³-hybridized carbons (Fsp3) is 0.462. The molecule has 0 saturated carbocycles. The molecule has 4 nitrogen and oxygen atoms in total. The summed E-state index contributed by atoms with van der Waals surface area (Å²) >= 11 is 0. The number of carbonyl (C=O) groups is 1. The van der Waals surface area contributed by atoms with Crippen molar-refractivity contribution in [3.63, 3.8) is 0 Å². The number of nitrogens with one attached hydrogen (secondary N) is 2. The van der Waals surface area contributed by atoms with Crippen molar-refractivity contribution >= 4 is 11.6 Å². The third-order valence-corrected chi connectivity index (χ3v) is 2.60. The van der Waals surface area contributed by atoms with Gasteiger partial charge in [0.05, 0.1) is 0 Å². The maximum atomic E-state index is 11.6. The third-order valence-electron chi connectivity index (χ3n) is 2.60. The molecule has 0 spiro atoms. The highest BCUT2D eigenvalue weighted by atomic mass is 16.3. The van der Waals surface area contributed by atoms with Crippen LogP contribution in [0.3, 0.4) is 0 Å². The van der Waals surface area contributed by atoms with Crippen LogP contribution in [0.2, 0.25) is 0 Å². The summed E-state index contributed by atoms with van der Waals surface area (Å²) in [4.78, 5) is 11.6. The maximum absolute atomic E-state index is 11.6. The van der Waals surface area contributed by atoms with Gasteiger partial charge in [0.25, 0.3) is 0 Å². The van der Waals surface area contributed by atoms with Gasteiger partial charge in [-0.15, -0.1) is 0 Å². The molecule has 17 heavy (non-hydrogen) atoms. The average molecular weight is 236 g/mol. The number of phenolic OH excluding ortho intramolecular Hbond substituents is 1. The van der Waals surface area contributed by atoms with Gasteiger partial charge in [0.1, 0.15) is 5.75 Å². The Balaban J connectivity index is 2.62. The lowest BCUT2D eigenvalue weighted by Gasteiger charge is -2.10. The molecule has 94 valence electrons. The van der Waals surface area contributed by atoms with E-state index >= 15 is 0 Å². The van der Waals surface area contributed by atoms with Crippen molar-refractivity contribution in [3.05, 3.63) is 23.3 Å². The molecule has 0 unspecified atom stereocenters. The summed E-state index contributed by atoms with van der Waals surface area (Å²) in [5.74, 6) is 0.243. The number of aromatic hydroxyl groups is 1. The quantitative estimate of drug-likeness (QED) is 0.541. The van der Waals surface area contributed by atoms with Crippen molar-refractivity contribution in [2.75, 3.05) is 18.4 Å². The molecule has 4 heteroatoms. The summed E-state index contributed by atoms with van der Waals surface area (Å²) in [6.07, 6.45) is 0.452. The molecular formula is C13H20N2O2. The Morgan fingerprint density at radius 3 is 2.65 bits per heavy atom. The first-order chi connectivity index (χ1) is 8.04. The Bertz CT molecular complexity index is 403. The summed E-state index contributed by atoms with van der Waals surface area (Å²) in [5.41, 5.74) is 2.39. The lowest BCUT2D eigenvalue weighted by atomic mass is 10.1. The zero-order valence-corrected chi connectivity index (χ0v) is 10.6. The molecule has 0 heterocycles. The summed E-state index contributed by atoms with van der Waals surface area (Å²) in [7, 11) is 0. The Labute approximate surface area is 102 Å². The van der Waals surface area contributed by atoms with E-state index in [0.717, 1.165) is 23.4 Å². The molecule has 1 aromatic rings. The number of aryl methyl sites for hydroxylation is 2. The number of rotatable bonds is 5. The van der Waals surface area contributed by atoms with Crippen molar-refractivity contribution < 1.29 is 9.90 Å². The maximum Gasteiger partial charge on any atom is 0.225 e. The van der Waals surface area contributed by atoms with E-state index in [1.807, 2.05) is 20.8 Å². The lowest BCUT2D eigenvalue weighted by Crippen LogP contribution is -2.21. The van der Waals surface area contributed by atoms with Crippen LogP contribution in [-0.4, -0.2) is 24.1 Å². The van der Waals surface area contributed by atoms with Crippen molar-refractivity contribution in [3.8, 4) is 5.75 Å². The number of amides is 1. The molecule has 1 amide bonds. The van der Waals surface area contributed by atoms with Gasteiger partial charge in [0, 0.05) is 18.7 Å². The standard InChI is InChI=1S/C13H20N2O2/c1-4-14-6-5-13(17)15-11-7-10(3)12(16)8-9(11)2/h7-8,14,16H,4-6H2,1-3H3,(H,15,17). The van der Waals surface area contributed by atoms with Crippen LogP contribution in [0.5, 0.6) is 5.75 Å². The Kier molecular flexibility index (Phi) is 4.97. The molecule has 0 aliphatic heterocycles. The highest BCUT2D eigenvalue weighted by Crippen LogP contribution is 2.24. The molecule has 0 saturated heterocycles. The van der Waals surface area contributed by atoms with E-state index in [0.29, 0.717) is 13.0 Å². The van der Waals surface area contributed by atoms with Crippen LogP contribution in [0.1, 0.15) is 24.5 Å². The van der Waals surface area contributed by atoms with E-state index in [2.05, 4.69) is 10.6 Å². The van der Waals surface area contributed by atoms with Crippen LogP contribution in [0.4, 0.5) is 5.69 Å². The smallest absolute Gasteiger partial charge is 0.225 e. The molecule has 0 fully saturated rings. The minimum atomic E-state index is -0.0147. The molecule has 0 atom stereocenters. The molecule has 0 aromatic heterocycles. The topological polar surface area (TPSA) is 61.4 Å². The van der Waals surface area contributed by atoms with Crippen LogP contribution >= 0.6 is 0 Å². The zero-order chi connectivity index (χ0) is 12.8. The largest absolute Gasteiger partial charge is 0.508 e. The minimum absolute atomic E-state index is 0.0147. The van der Waals surface area contributed by atoms with Gasteiger partial charge in [0.2, 0.25) is 5.91 Å². The van der Waals surface area contributed by atoms with Crippen LogP contribution in [0, 0.1) is 13.8 Å². The summed E-state index contributed by atoms with van der Waals surface area (Å²) in [6.45, 7) is 7.22. The molecule has 3 N–H and O–H groups in total. The molecule has 0 bridgehead atoms. The van der Waals surface area contributed by atoms with Crippen LogP contribution in [0.15, 0.2) is 12.1 Å². The summed E-state index contributed by atoms with van der Waals surface area (Å²) < 4.78 is 0. The van der Waals surface area contributed by atoms with E-state index in [-0.39, 0.29) is 11.7 Å². The monoisotopic (exact) mass is 236 g/mol. The Morgan fingerprint density at radius 1 is 1.29 bits per heavy atom. The highest BCUT2D eigenvalue weighted by Gasteiger charge is 2.07. The van der Waals surface area contributed by atoms with Gasteiger partial charge in [-0.25, -0.2) is 0 Å². The Morgan fingerprint density at radius 2 is 2.00 bits per heavy atom. The average Bonchev–Trinajstić information content (AvgIpc) is 2.26. The number of carbonyl (C=O) groups excluding carboxylic acids is 1. The second-order valence-electron chi connectivity index (χ2n) is 4.11. The molecule has 0 radical (unpaired) electrons. The van der Waals surface area contributed by atoms with E-state index < -0.39 is 0 Å². The first-order valence-corrected chi connectivity index (χ1v) is 5.85. The number of anilines is 1. The van der Waals surface area contributed by atoms with Crippen molar-refractivity contribution in [1.29, 1.82) is 0 Å². The van der Waals surface area contributed by atoms with E-state index in [4.69, 9.17) is 0 Å².